The van der Waals surface area contributed by atoms with Crippen LogP contribution in [0.1, 0.15) is 5.56 Å². The first-order chi connectivity index (χ1) is 11.0. The minimum Gasteiger partial charge on any atom is -0.496 e. The summed E-state index contributed by atoms with van der Waals surface area (Å²) in [4.78, 5) is 20.3. The maximum Gasteiger partial charge on any atom is 0.301 e. The Morgan fingerprint density at radius 2 is 1.87 bits per heavy atom. The lowest BCUT2D eigenvalue weighted by molar-refractivity contribution is -0.393. The Hall–Kier alpha value is -3.49. The molecule has 0 bridgehead atoms. The summed E-state index contributed by atoms with van der Waals surface area (Å²) in [5, 5.41) is 25.6. The van der Waals surface area contributed by atoms with E-state index < -0.39 is 15.5 Å². The molecule has 0 fully saturated rings. The van der Waals surface area contributed by atoms with Crippen molar-refractivity contribution < 1.29 is 14.6 Å². The van der Waals surface area contributed by atoms with Gasteiger partial charge in [0.2, 0.25) is 0 Å². The number of para-hydroxylation sites is 1. The molecule has 0 radical (unpaired) electrons. The fourth-order valence-electron chi connectivity index (χ4n) is 1.82. The first-order valence-electron chi connectivity index (χ1n) is 6.38. The molecule has 2 aromatic rings. The standard InChI is InChI=1S/C14H12N4O5/c1-23-14-5-3-2-4-10(14)9-15-16-12-7-6-11(17(19)20)8-13(12)18(21)22/h2-9,16H,1H3. The second-order valence-electron chi connectivity index (χ2n) is 4.33. The van der Waals surface area contributed by atoms with Gasteiger partial charge in [0.1, 0.15) is 11.4 Å². The van der Waals surface area contributed by atoms with Gasteiger partial charge in [0.25, 0.3) is 5.69 Å². The molecule has 23 heavy (non-hydrogen) atoms. The first kappa shape index (κ1) is 15.9. The molecule has 0 aliphatic rings. The van der Waals surface area contributed by atoms with E-state index in [2.05, 4.69) is 10.5 Å². The predicted molar refractivity (Wildman–Crippen MR) is 84.0 cm³/mol. The number of methoxy groups -OCH3 is 1. The minimum atomic E-state index is -0.714. The van der Waals surface area contributed by atoms with Crippen molar-refractivity contribution in [3.63, 3.8) is 0 Å². The summed E-state index contributed by atoms with van der Waals surface area (Å²) in [6.07, 6.45) is 1.43. The molecule has 0 heterocycles. The van der Waals surface area contributed by atoms with E-state index in [4.69, 9.17) is 4.74 Å². The van der Waals surface area contributed by atoms with Gasteiger partial charge in [0.15, 0.2) is 0 Å². The maximum absolute atomic E-state index is 11.0. The number of nitrogens with one attached hydrogen (secondary N) is 1. The van der Waals surface area contributed by atoms with Crippen molar-refractivity contribution in [2.75, 3.05) is 12.5 Å². The second-order valence-corrected chi connectivity index (χ2v) is 4.33. The number of benzene rings is 2. The Labute approximate surface area is 130 Å². The molecule has 0 amide bonds. The van der Waals surface area contributed by atoms with Crippen molar-refractivity contribution in [1.82, 2.24) is 0 Å². The number of nitro benzene ring substituents is 2. The van der Waals surface area contributed by atoms with Crippen molar-refractivity contribution in [1.29, 1.82) is 0 Å². The van der Waals surface area contributed by atoms with Crippen LogP contribution in [0.2, 0.25) is 0 Å². The quantitative estimate of drug-likeness (QED) is 0.497. The average Bonchev–Trinajstić information content (AvgIpc) is 2.55. The van der Waals surface area contributed by atoms with Crippen LogP contribution in [0.4, 0.5) is 17.1 Å². The van der Waals surface area contributed by atoms with E-state index in [1.54, 1.807) is 24.3 Å². The summed E-state index contributed by atoms with van der Waals surface area (Å²) < 4.78 is 5.15. The molecule has 0 aliphatic carbocycles. The maximum atomic E-state index is 11.0. The van der Waals surface area contributed by atoms with Crippen LogP contribution in [-0.2, 0) is 0 Å². The van der Waals surface area contributed by atoms with E-state index in [9.17, 15) is 20.2 Å². The highest BCUT2D eigenvalue weighted by Gasteiger charge is 2.19. The van der Waals surface area contributed by atoms with E-state index in [0.717, 1.165) is 12.1 Å². The van der Waals surface area contributed by atoms with E-state index in [1.165, 1.54) is 19.4 Å². The van der Waals surface area contributed by atoms with Crippen molar-refractivity contribution in [3.8, 4) is 5.75 Å². The molecule has 0 saturated heterocycles. The third-order valence-corrected chi connectivity index (χ3v) is 2.92. The lowest BCUT2D eigenvalue weighted by atomic mass is 10.2. The highest BCUT2D eigenvalue weighted by atomic mass is 16.6. The van der Waals surface area contributed by atoms with Gasteiger partial charge in [0.05, 0.1) is 29.2 Å². The Balaban J connectivity index is 2.24. The fraction of sp³-hybridized carbons (Fsp3) is 0.0714. The Morgan fingerprint density at radius 1 is 1.13 bits per heavy atom. The highest BCUT2D eigenvalue weighted by Crippen LogP contribution is 2.28. The van der Waals surface area contributed by atoms with Crippen molar-refractivity contribution in [2.24, 2.45) is 5.10 Å². The molecule has 0 atom stereocenters. The van der Waals surface area contributed by atoms with Crippen molar-refractivity contribution in [3.05, 3.63) is 68.3 Å². The van der Waals surface area contributed by atoms with Crippen LogP contribution in [0.25, 0.3) is 0 Å². The number of non-ortho nitro benzene ring substituents is 1. The van der Waals surface area contributed by atoms with Crippen LogP contribution >= 0.6 is 0 Å². The van der Waals surface area contributed by atoms with Gasteiger partial charge >= 0.3 is 5.69 Å². The molecule has 0 aliphatic heterocycles. The van der Waals surface area contributed by atoms with Crippen LogP contribution in [0.15, 0.2) is 47.6 Å². The fourth-order valence-corrected chi connectivity index (χ4v) is 1.82. The first-order valence-corrected chi connectivity index (χ1v) is 6.38. The molecule has 118 valence electrons. The molecule has 0 unspecified atom stereocenters. The van der Waals surface area contributed by atoms with Gasteiger partial charge in [-0.1, -0.05) is 12.1 Å². The highest BCUT2D eigenvalue weighted by molar-refractivity contribution is 5.84. The zero-order valence-electron chi connectivity index (χ0n) is 12.0. The third kappa shape index (κ3) is 3.79. The van der Waals surface area contributed by atoms with E-state index in [1.807, 2.05) is 0 Å². The number of hydrazone groups is 1. The van der Waals surface area contributed by atoms with Gasteiger partial charge in [-0.2, -0.15) is 5.10 Å². The van der Waals surface area contributed by atoms with E-state index in [-0.39, 0.29) is 11.4 Å². The van der Waals surface area contributed by atoms with E-state index >= 15 is 0 Å². The number of ether oxygens (including phenoxy) is 1. The molecule has 9 heteroatoms. The lowest BCUT2D eigenvalue weighted by Gasteiger charge is -2.04. The number of hydrogen-bond donors (Lipinski definition) is 1. The van der Waals surface area contributed by atoms with Gasteiger partial charge in [-0.05, 0) is 18.2 Å². The molecule has 9 nitrogen and oxygen atoms in total. The van der Waals surface area contributed by atoms with Crippen LogP contribution in [0.3, 0.4) is 0 Å². The summed E-state index contributed by atoms with van der Waals surface area (Å²) >= 11 is 0. The molecule has 0 spiro atoms. The molecule has 2 rings (SSSR count). The van der Waals surface area contributed by atoms with Gasteiger partial charge in [-0.15, -0.1) is 0 Å². The van der Waals surface area contributed by atoms with Gasteiger partial charge in [-0.3, -0.25) is 25.7 Å². The number of nitro groups is 2. The normalized spacial score (nSPS) is 10.5. The van der Waals surface area contributed by atoms with Crippen LogP contribution in [-0.4, -0.2) is 23.2 Å². The summed E-state index contributed by atoms with van der Waals surface area (Å²) in [5.74, 6) is 0.594. The third-order valence-electron chi connectivity index (χ3n) is 2.92. The average molecular weight is 316 g/mol. The zero-order valence-corrected chi connectivity index (χ0v) is 12.0. The number of rotatable bonds is 6. The van der Waals surface area contributed by atoms with Gasteiger partial charge in [0, 0.05) is 11.6 Å². The van der Waals surface area contributed by atoms with Gasteiger partial charge < -0.3 is 4.74 Å². The van der Waals surface area contributed by atoms with E-state index in [0.29, 0.717) is 11.3 Å². The summed E-state index contributed by atoms with van der Waals surface area (Å²) in [6.45, 7) is 0. The number of anilines is 1. The van der Waals surface area contributed by atoms with Crippen molar-refractivity contribution in [2.45, 2.75) is 0 Å². The SMILES string of the molecule is COc1ccccc1C=NNc1ccc([N+](=O)[O-])cc1[N+](=O)[O-]. The molecule has 2 aromatic carbocycles. The summed E-state index contributed by atoms with van der Waals surface area (Å²) in [6, 6.07) is 10.4. The topological polar surface area (TPSA) is 120 Å². The monoisotopic (exact) mass is 316 g/mol. The summed E-state index contributed by atoms with van der Waals surface area (Å²) in [5.41, 5.74) is 2.43. The molecule has 0 aromatic heterocycles. The van der Waals surface area contributed by atoms with Crippen LogP contribution < -0.4 is 10.2 Å². The number of nitrogens with zero attached hydrogens (tertiary/aromatic N) is 3. The summed E-state index contributed by atoms with van der Waals surface area (Å²) in [7, 11) is 1.52. The zero-order chi connectivity index (χ0) is 16.8. The minimum absolute atomic E-state index is 0.0479. The smallest absolute Gasteiger partial charge is 0.301 e. The second kappa shape index (κ2) is 6.98. The van der Waals surface area contributed by atoms with Crippen LogP contribution in [0.5, 0.6) is 5.75 Å². The largest absolute Gasteiger partial charge is 0.496 e. The number of hydrogen-bond acceptors (Lipinski definition) is 7. The Kier molecular flexibility index (Phi) is 4.82. The van der Waals surface area contributed by atoms with Crippen LogP contribution in [0, 0.1) is 20.2 Å². The molecule has 0 saturated carbocycles. The molecule has 1 N–H and O–H groups in total. The predicted octanol–water partition coefficient (Wildman–Crippen LogP) is 2.96. The van der Waals surface area contributed by atoms with Gasteiger partial charge in [-0.25, -0.2) is 0 Å². The molecular formula is C14H12N4O5. The molecular weight excluding hydrogens is 304 g/mol. The Bertz CT molecular complexity index is 776. The Morgan fingerprint density at radius 3 is 2.52 bits per heavy atom. The lowest BCUT2D eigenvalue weighted by Crippen LogP contribution is -1.99. The van der Waals surface area contributed by atoms with Crippen molar-refractivity contribution >= 4 is 23.3 Å².